The summed E-state index contributed by atoms with van der Waals surface area (Å²) in [6, 6.07) is 5.05. The Labute approximate surface area is 103 Å². The molecule has 0 bridgehead atoms. The van der Waals surface area contributed by atoms with Crippen LogP contribution in [0.5, 0.6) is 0 Å². The van der Waals surface area contributed by atoms with Crippen LogP contribution in [-0.2, 0) is 13.2 Å². The van der Waals surface area contributed by atoms with Crippen LogP contribution in [0.1, 0.15) is 17.0 Å². The highest BCUT2D eigenvalue weighted by atomic mass is 19.4. The summed E-state index contributed by atoms with van der Waals surface area (Å²) in [7, 11) is 1.85. The van der Waals surface area contributed by atoms with Gasteiger partial charge in [0.2, 0.25) is 0 Å². The predicted octanol–water partition coefficient (Wildman–Crippen LogP) is 3.72. The standard InChI is InChI=1S/C13H13F3N2/c1-8-9(2)18(3)12(17-8)10-4-6-11(7-5-10)13(14,15)16/h4-7H,1-3H3. The van der Waals surface area contributed by atoms with Gasteiger partial charge in [-0.1, -0.05) is 12.1 Å². The molecule has 0 aliphatic rings. The highest BCUT2D eigenvalue weighted by Crippen LogP contribution is 2.30. The fourth-order valence-electron chi connectivity index (χ4n) is 1.78. The Kier molecular flexibility index (Phi) is 2.92. The maximum Gasteiger partial charge on any atom is 0.416 e. The zero-order chi connectivity index (χ0) is 13.5. The number of benzene rings is 1. The molecule has 2 rings (SSSR count). The maximum atomic E-state index is 12.4. The number of hydrogen-bond donors (Lipinski definition) is 0. The second kappa shape index (κ2) is 4.15. The van der Waals surface area contributed by atoms with Crippen molar-refractivity contribution in [3.8, 4) is 11.4 Å². The lowest BCUT2D eigenvalue weighted by Gasteiger charge is -2.08. The van der Waals surface area contributed by atoms with Crippen LogP contribution in [0, 0.1) is 13.8 Å². The zero-order valence-electron chi connectivity index (χ0n) is 10.3. The van der Waals surface area contributed by atoms with Gasteiger partial charge < -0.3 is 4.57 Å². The van der Waals surface area contributed by atoms with Gasteiger partial charge in [0.15, 0.2) is 0 Å². The molecule has 0 amide bonds. The number of imidazole rings is 1. The van der Waals surface area contributed by atoms with Crippen molar-refractivity contribution in [1.82, 2.24) is 9.55 Å². The van der Waals surface area contributed by atoms with Crippen LogP contribution in [0.15, 0.2) is 24.3 Å². The van der Waals surface area contributed by atoms with Crippen LogP contribution >= 0.6 is 0 Å². The molecule has 0 fully saturated rings. The molecule has 0 aliphatic carbocycles. The minimum Gasteiger partial charge on any atom is -0.331 e. The summed E-state index contributed by atoms with van der Waals surface area (Å²) >= 11 is 0. The molecule has 0 atom stereocenters. The Bertz CT molecular complexity index is 565. The minimum absolute atomic E-state index is 0.645. The summed E-state index contributed by atoms with van der Waals surface area (Å²) in [5.41, 5.74) is 1.92. The smallest absolute Gasteiger partial charge is 0.331 e. The monoisotopic (exact) mass is 254 g/mol. The Morgan fingerprint density at radius 3 is 2.00 bits per heavy atom. The molecule has 18 heavy (non-hydrogen) atoms. The molecule has 0 N–H and O–H groups in total. The van der Waals surface area contributed by atoms with E-state index in [9.17, 15) is 13.2 Å². The number of alkyl halides is 3. The van der Waals surface area contributed by atoms with Gasteiger partial charge in [-0.3, -0.25) is 0 Å². The average molecular weight is 254 g/mol. The highest BCUT2D eigenvalue weighted by molar-refractivity contribution is 5.57. The molecule has 2 aromatic rings. The first kappa shape index (κ1) is 12.7. The summed E-state index contributed by atoms with van der Waals surface area (Å²) < 4.78 is 39.2. The van der Waals surface area contributed by atoms with Gasteiger partial charge in [-0.2, -0.15) is 13.2 Å². The van der Waals surface area contributed by atoms with Gasteiger partial charge in [0.05, 0.1) is 11.3 Å². The molecule has 0 saturated heterocycles. The van der Waals surface area contributed by atoms with Crippen molar-refractivity contribution >= 4 is 0 Å². The topological polar surface area (TPSA) is 17.8 Å². The lowest BCUT2D eigenvalue weighted by molar-refractivity contribution is -0.137. The minimum atomic E-state index is -4.30. The predicted molar refractivity (Wildman–Crippen MR) is 63.1 cm³/mol. The second-order valence-corrected chi connectivity index (χ2v) is 4.24. The van der Waals surface area contributed by atoms with E-state index >= 15 is 0 Å². The zero-order valence-corrected chi connectivity index (χ0v) is 10.3. The summed E-state index contributed by atoms with van der Waals surface area (Å²) in [5.74, 6) is 0.679. The highest BCUT2D eigenvalue weighted by Gasteiger charge is 2.30. The van der Waals surface area contributed by atoms with E-state index in [2.05, 4.69) is 4.98 Å². The third kappa shape index (κ3) is 2.12. The summed E-state index contributed by atoms with van der Waals surface area (Å²) in [4.78, 5) is 4.35. The van der Waals surface area contributed by atoms with E-state index in [1.807, 2.05) is 25.5 Å². The quantitative estimate of drug-likeness (QED) is 0.758. The van der Waals surface area contributed by atoms with E-state index in [-0.39, 0.29) is 0 Å². The normalized spacial score (nSPS) is 11.9. The molecule has 5 heteroatoms. The van der Waals surface area contributed by atoms with E-state index in [0.29, 0.717) is 11.4 Å². The van der Waals surface area contributed by atoms with Crippen molar-refractivity contribution in [1.29, 1.82) is 0 Å². The first-order valence-corrected chi connectivity index (χ1v) is 5.48. The summed E-state index contributed by atoms with van der Waals surface area (Å²) in [6.07, 6.45) is -4.30. The van der Waals surface area contributed by atoms with Crippen molar-refractivity contribution < 1.29 is 13.2 Å². The maximum absolute atomic E-state index is 12.4. The lowest BCUT2D eigenvalue weighted by atomic mass is 10.1. The van der Waals surface area contributed by atoms with E-state index in [1.165, 1.54) is 12.1 Å². The number of nitrogens with zero attached hydrogens (tertiary/aromatic N) is 2. The van der Waals surface area contributed by atoms with Gasteiger partial charge in [0, 0.05) is 18.3 Å². The molecule has 0 unspecified atom stereocenters. The Morgan fingerprint density at radius 1 is 1.06 bits per heavy atom. The molecule has 0 spiro atoms. The van der Waals surface area contributed by atoms with Crippen LogP contribution < -0.4 is 0 Å². The van der Waals surface area contributed by atoms with E-state index in [4.69, 9.17) is 0 Å². The van der Waals surface area contributed by atoms with Crippen LogP contribution in [-0.4, -0.2) is 9.55 Å². The van der Waals surface area contributed by atoms with E-state index in [1.54, 1.807) is 0 Å². The molecule has 1 heterocycles. The summed E-state index contributed by atoms with van der Waals surface area (Å²) in [6.45, 7) is 3.80. The van der Waals surface area contributed by atoms with Gasteiger partial charge in [-0.25, -0.2) is 4.98 Å². The Hall–Kier alpha value is -1.78. The molecule has 0 radical (unpaired) electrons. The molecular formula is C13H13F3N2. The molecule has 96 valence electrons. The van der Waals surface area contributed by atoms with Crippen LogP contribution in [0.25, 0.3) is 11.4 Å². The number of aryl methyl sites for hydroxylation is 1. The van der Waals surface area contributed by atoms with E-state index < -0.39 is 11.7 Å². The van der Waals surface area contributed by atoms with Crippen LogP contribution in [0.3, 0.4) is 0 Å². The fourth-order valence-corrected chi connectivity index (χ4v) is 1.78. The Morgan fingerprint density at radius 2 is 1.61 bits per heavy atom. The van der Waals surface area contributed by atoms with Gasteiger partial charge >= 0.3 is 6.18 Å². The second-order valence-electron chi connectivity index (χ2n) is 4.24. The number of hydrogen-bond acceptors (Lipinski definition) is 1. The van der Waals surface area contributed by atoms with Gasteiger partial charge in [-0.15, -0.1) is 0 Å². The van der Waals surface area contributed by atoms with Gasteiger partial charge in [0.1, 0.15) is 5.82 Å². The number of aromatic nitrogens is 2. The first-order valence-electron chi connectivity index (χ1n) is 5.48. The molecule has 0 saturated carbocycles. The molecule has 1 aromatic carbocycles. The lowest BCUT2D eigenvalue weighted by Crippen LogP contribution is -2.04. The SMILES string of the molecule is Cc1nc(-c2ccc(C(F)(F)F)cc2)n(C)c1C. The molecule has 1 aromatic heterocycles. The van der Waals surface area contributed by atoms with Crippen molar-refractivity contribution in [3.05, 3.63) is 41.2 Å². The molecular weight excluding hydrogens is 241 g/mol. The van der Waals surface area contributed by atoms with Gasteiger partial charge in [-0.05, 0) is 26.0 Å². The first-order chi connectivity index (χ1) is 8.30. The number of rotatable bonds is 1. The Balaban J connectivity index is 2.44. The van der Waals surface area contributed by atoms with Crippen LogP contribution in [0.2, 0.25) is 0 Å². The third-order valence-electron chi connectivity index (χ3n) is 3.09. The summed E-state index contributed by atoms with van der Waals surface area (Å²) in [5, 5.41) is 0. The average Bonchev–Trinajstić information content (AvgIpc) is 2.56. The van der Waals surface area contributed by atoms with Crippen molar-refractivity contribution in [2.24, 2.45) is 7.05 Å². The third-order valence-corrected chi connectivity index (χ3v) is 3.09. The van der Waals surface area contributed by atoms with Gasteiger partial charge in [0.25, 0.3) is 0 Å². The fraction of sp³-hybridized carbons (Fsp3) is 0.308. The molecule has 0 aliphatic heterocycles. The molecule has 2 nitrogen and oxygen atoms in total. The van der Waals surface area contributed by atoms with Crippen molar-refractivity contribution in [2.45, 2.75) is 20.0 Å². The van der Waals surface area contributed by atoms with Crippen molar-refractivity contribution in [3.63, 3.8) is 0 Å². The van der Waals surface area contributed by atoms with E-state index in [0.717, 1.165) is 23.5 Å². The van der Waals surface area contributed by atoms with Crippen molar-refractivity contribution in [2.75, 3.05) is 0 Å². The largest absolute Gasteiger partial charge is 0.416 e. The van der Waals surface area contributed by atoms with Crippen LogP contribution in [0.4, 0.5) is 13.2 Å². The number of halogens is 3.